The lowest BCUT2D eigenvalue weighted by Gasteiger charge is -2.15. The van der Waals surface area contributed by atoms with Gasteiger partial charge in [0.25, 0.3) is 5.91 Å². The number of carbonyl (C=O) groups excluding carboxylic acids is 1. The number of aryl methyl sites for hydroxylation is 1. The lowest BCUT2D eigenvalue weighted by Crippen LogP contribution is -2.32. The van der Waals surface area contributed by atoms with E-state index < -0.39 is 0 Å². The van der Waals surface area contributed by atoms with Crippen molar-refractivity contribution in [3.05, 3.63) is 59.2 Å². The van der Waals surface area contributed by atoms with Crippen LogP contribution in [0.25, 0.3) is 0 Å². The van der Waals surface area contributed by atoms with E-state index in [-0.39, 0.29) is 11.9 Å². The van der Waals surface area contributed by atoms with E-state index in [0.29, 0.717) is 18.8 Å². The van der Waals surface area contributed by atoms with Gasteiger partial charge in [0.2, 0.25) is 0 Å². The van der Waals surface area contributed by atoms with E-state index in [2.05, 4.69) is 5.32 Å². The fraction of sp³-hybridized carbons (Fsp3) is 0.381. The third-order valence-corrected chi connectivity index (χ3v) is 4.00. The molecule has 0 saturated heterocycles. The minimum Gasteiger partial charge on any atom is -0.493 e. The van der Waals surface area contributed by atoms with Crippen LogP contribution in [0.4, 0.5) is 0 Å². The van der Waals surface area contributed by atoms with Crippen LogP contribution in [0.5, 0.6) is 11.5 Å². The van der Waals surface area contributed by atoms with Crippen molar-refractivity contribution in [2.45, 2.75) is 46.8 Å². The number of hydrogen-bond donors (Lipinski definition) is 1. The van der Waals surface area contributed by atoms with Gasteiger partial charge in [0.15, 0.2) is 0 Å². The first-order valence-corrected chi connectivity index (χ1v) is 8.79. The minimum absolute atomic E-state index is 0.0748. The van der Waals surface area contributed by atoms with Crippen molar-refractivity contribution in [1.82, 2.24) is 5.32 Å². The zero-order chi connectivity index (χ0) is 18.2. The molecule has 1 amide bonds. The highest BCUT2D eigenvalue weighted by Crippen LogP contribution is 2.23. The lowest BCUT2D eigenvalue weighted by molar-refractivity contribution is 0.0939. The van der Waals surface area contributed by atoms with Crippen LogP contribution in [0.15, 0.2) is 42.5 Å². The predicted molar refractivity (Wildman–Crippen MR) is 100 cm³/mol. The summed E-state index contributed by atoms with van der Waals surface area (Å²) in [5.74, 6) is 1.47. The molecule has 0 radical (unpaired) electrons. The number of benzene rings is 2. The fourth-order valence-electron chi connectivity index (χ4n) is 2.41. The Labute approximate surface area is 150 Å². The highest BCUT2D eigenvalue weighted by Gasteiger charge is 2.13. The first-order valence-electron chi connectivity index (χ1n) is 8.79. The van der Waals surface area contributed by atoms with Gasteiger partial charge >= 0.3 is 0 Å². The van der Waals surface area contributed by atoms with Crippen LogP contribution in [0.3, 0.4) is 0 Å². The maximum Gasteiger partial charge on any atom is 0.251 e. The molecule has 4 nitrogen and oxygen atoms in total. The second kappa shape index (κ2) is 9.11. The van der Waals surface area contributed by atoms with E-state index in [9.17, 15) is 4.79 Å². The highest BCUT2D eigenvalue weighted by molar-refractivity contribution is 5.94. The van der Waals surface area contributed by atoms with Gasteiger partial charge in [0.1, 0.15) is 18.1 Å². The molecule has 134 valence electrons. The summed E-state index contributed by atoms with van der Waals surface area (Å²) in [6, 6.07) is 13.5. The summed E-state index contributed by atoms with van der Waals surface area (Å²) >= 11 is 0. The number of amides is 1. The Kier molecular flexibility index (Phi) is 6.87. The van der Waals surface area contributed by atoms with Crippen LogP contribution in [-0.2, 0) is 6.61 Å². The van der Waals surface area contributed by atoms with Gasteiger partial charge in [-0.05, 0) is 63.1 Å². The predicted octanol–water partition coefficient (Wildman–Crippen LogP) is 4.50. The second-order valence-electron chi connectivity index (χ2n) is 6.14. The molecule has 0 aliphatic rings. The normalized spacial score (nSPS) is 11.7. The Morgan fingerprint density at radius 2 is 1.92 bits per heavy atom. The number of nitrogens with one attached hydrogen (secondary N) is 1. The standard InChI is InChI=1S/C21H27NO3/c1-5-16(4)22-21(23)17-10-11-20(24-6-2)18(13-17)14-25-19-9-7-8-15(3)12-19/h7-13,16H,5-6,14H2,1-4H3,(H,22,23). The molecular weight excluding hydrogens is 314 g/mol. The second-order valence-corrected chi connectivity index (χ2v) is 6.14. The van der Waals surface area contributed by atoms with Crippen LogP contribution < -0.4 is 14.8 Å². The van der Waals surface area contributed by atoms with Gasteiger partial charge in [-0.3, -0.25) is 4.79 Å². The Hall–Kier alpha value is -2.49. The molecule has 25 heavy (non-hydrogen) atoms. The van der Waals surface area contributed by atoms with Crippen molar-refractivity contribution in [3.8, 4) is 11.5 Å². The molecule has 1 atom stereocenters. The molecule has 1 unspecified atom stereocenters. The van der Waals surface area contributed by atoms with Crippen LogP contribution in [-0.4, -0.2) is 18.6 Å². The summed E-state index contributed by atoms with van der Waals surface area (Å²) in [4.78, 5) is 12.4. The molecule has 4 heteroatoms. The van der Waals surface area contributed by atoms with Gasteiger partial charge in [-0.2, -0.15) is 0 Å². The average molecular weight is 341 g/mol. The first kappa shape index (κ1) is 18.8. The summed E-state index contributed by atoms with van der Waals surface area (Å²) in [6.45, 7) is 8.92. The molecule has 0 heterocycles. The molecule has 0 spiro atoms. The van der Waals surface area contributed by atoms with Crippen molar-refractivity contribution in [2.75, 3.05) is 6.61 Å². The summed E-state index contributed by atoms with van der Waals surface area (Å²) < 4.78 is 11.6. The zero-order valence-corrected chi connectivity index (χ0v) is 15.5. The largest absolute Gasteiger partial charge is 0.493 e. The van der Waals surface area contributed by atoms with E-state index in [0.717, 1.165) is 29.0 Å². The Balaban J connectivity index is 2.18. The smallest absolute Gasteiger partial charge is 0.251 e. The van der Waals surface area contributed by atoms with E-state index in [1.54, 1.807) is 6.07 Å². The molecule has 0 aliphatic heterocycles. The van der Waals surface area contributed by atoms with Crippen LogP contribution in [0.2, 0.25) is 0 Å². The molecule has 0 bridgehead atoms. The lowest BCUT2D eigenvalue weighted by atomic mass is 10.1. The Bertz CT molecular complexity index is 712. The maximum absolute atomic E-state index is 12.4. The third-order valence-electron chi connectivity index (χ3n) is 4.00. The van der Waals surface area contributed by atoms with Crippen molar-refractivity contribution in [1.29, 1.82) is 0 Å². The maximum atomic E-state index is 12.4. The molecular formula is C21H27NO3. The van der Waals surface area contributed by atoms with Crippen molar-refractivity contribution in [2.24, 2.45) is 0 Å². The third kappa shape index (κ3) is 5.52. The van der Waals surface area contributed by atoms with E-state index in [1.807, 2.05) is 64.1 Å². The quantitative estimate of drug-likeness (QED) is 0.769. The van der Waals surface area contributed by atoms with Gasteiger partial charge in [-0.1, -0.05) is 19.1 Å². The zero-order valence-electron chi connectivity index (χ0n) is 15.5. The molecule has 1 N–H and O–H groups in total. The van der Waals surface area contributed by atoms with E-state index in [4.69, 9.17) is 9.47 Å². The van der Waals surface area contributed by atoms with Gasteiger partial charge < -0.3 is 14.8 Å². The summed E-state index contributed by atoms with van der Waals surface area (Å²) in [6.07, 6.45) is 0.895. The Morgan fingerprint density at radius 3 is 2.60 bits per heavy atom. The monoisotopic (exact) mass is 341 g/mol. The van der Waals surface area contributed by atoms with Gasteiger partial charge in [0, 0.05) is 17.2 Å². The summed E-state index contributed by atoms with van der Waals surface area (Å²) in [5, 5.41) is 2.99. The van der Waals surface area contributed by atoms with E-state index in [1.165, 1.54) is 0 Å². The molecule has 0 fully saturated rings. The van der Waals surface area contributed by atoms with Gasteiger partial charge in [-0.25, -0.2) is 0 Å². The van der Waals surface area contributed by atoms with E-state index >= 15 is 0 Å². The Morgan fingerprint density at radius 1 is 1.12 bits per heavy atom. The van der Waals surface area contributed by atoms with Crippen molar-refractivity contribution < 1.29 is 14.3 Å². The van der Waals surface area contributed by atoms with Crippen LogP contribution in [0, 0.1) is 6.92 Å². The molecule has 0 saturated carbocycles. The number of ether oxygens (including phenoxy) is 2. The summed E-state index contributed by atoms with van der Waals surface area (Å²) in [7, 11) is 0. The molecule has 2 rings (SSSR count). The molecule has 0 aromatic heterocycles. The highest BCUT2D eigenvalue weighted by atomic mass is 16.5. The number of rotatable bonds is 8. The van der Waals surface area contributed by atoms with Crippen molar-refractivity contribution >= 4 is 5.91 Å². The average Bonchev–Trinajstić information content (AvgIpc) is 2.61. The number of hydrogen-bond acceptors (Lipinski definition) is 3. The number of carbonyl (C=O) groups is 1. The first-order chi connectivity index (χ1) is 12.0. The molecule has 0 aliphatic carbocycles. The van der Waals surface area contributed by atoms with Gasteiger partial charge in [0.05, 0.1) is 6.61 Å². The van der Waals surface area contributed by atoms with Crippen molar-refractivity contribution in [3.63, 3.8) is 0 Å². The topological polar surface area (TPSA) is 47.6 Å². The summed E-state index contributed by atoms with van der Waals surface area (Å²) in [5.41, 5.74) is 2.62. The fourth-order valence-corrected chi connectivity index (χ4v) is 2.41. The van der Waals surface area contributed by atoms with Crippen LogP contribution in [0.1, 0.15) is 48.7 Å². The minimum atomic E-state index is -0.0748. The SMILES string of the molecule is CCOc1ccc(C(=O)NC(C)CC)cc1COc1cccc(C)c1. The molecule has 2 aromatic rings. The van der Waals surface area contributed by atoms with Crippen LogP contribution >= 0.6 is 0 Å². The molecule has 2 aromatic carbocycles. The van der Waals surface area contributed by atoms with Gasteiger partial charge in [-0.15, -0.1) is 0 Å².